The normalized spacial score (nSPS) is 11.6. The van der Waals surface area contributed by atoms with Crippen molar-refractivity contribution in [1.82, 2.24) is 0 Å². The third-order valence-electron chi connectivity index (χ3n) is 2.74. The molecule has 0 unspecified atom stereocenters. The Bertz CT molecular complexity index is 524. The summed E-state index contributed by atoms with van der Waals surface area (Å²) in [6.45, 7) is 6.73. The van der Waals surface area contributed by atoms with Gasteiger partial charge in [-0.2, -0.15) is 0 Å². The zero-order valence-electron chi connectivity index (χ0n) is 10.9. The highest BCUT2D eigenvalue weighted by Gasteiger charge is 2.17. The summed E-state index contributed by atoms with van der Waals surface area (Å²) in [6.07, 6.45) is 0. The van der Waals surface area contributed by atoms with Gasteiger partial charge in [0.15, 0.2) is 0 Å². The fourth-order valence-corrected chi connectivity index (χ4v) is 3.09. The van der Waals surface area contributed by atoms with Gasteiger partial charge < -0.3 is 0 Å². The predicted molar refractivity (Wildman–Crippen MR) is 80.7 cm³/mol. The topological polar surface area (TPSA) is 0 Å². The maximum absolute atomic E-state index is 5.91. The van der Waals surface area contributed by atoms with Crippen molar-refractivity contribution in [2.45, 2.75) is 36.0 Å². The molecule has 0 aromatic heterocycles. The molecule has 0 amide bonds. The summed E-state index contributed by atoms with van der Waals surface area (Å²) in [5.74, 6) is 0. The van der Waals surface area contributed by atoms with Gasteiger partial charge in [-0.3, -0.25) is 0 Å². The smallest absolute Gasteiger partial charge is 0.0406 e. The molecule has 0 nitrogen and oxygen atoms in total. The number of hydrogen-bond acceptors (Lipinski definition) is 1. The minimum absolute atomic E-state index is 0.163. The summed E-state index contributed by atoms with van der Waals surface area (Å²) in [6, 6.07) is 16.6. The van der Waals surface area contributed by atoms with Crippen molar-refractivity contribution in [1.29, 1.82) is 0 Å². The second-order valence-corrected chi connectivity index (χ2v) is 6.85. The molecule has 2 aromatic rings. The monoisotopic (exact) mass is 276 g/mol. The molecule has 0 bridgehead atoms. The molecule has 0 saturated carbocycles. The van der Waals surface area contributed by atoms with Crippen LogP contribution in [0.3, 0.4) is 0 Å². The lowest BCUT2D eigenvalue weighted by Crippen LogP contribution is -2.12. The van der Waals surface area contributed by atoms with E-state index in [9.17, 15) is 0 Å². The van der Waals surface area contributed by atoms with E-state index >= 15 is 0 Å². The molecule has 0 aliphatic heterocycles. The molecule has 0 heterocycles. The molecular formula is C16H17ClS. The van der Waals surface area contributed by atoms with Crippen LogP contribution < -0.4 is 0 Å². The van der Waals surface area contributed by atoms with Crippen molar-refractivity contribution in [2.75, 3.05) is 0 Å². The maximum Gasteiger partial charge on any atom is 0.0406 e. The average Bonchev–Trinajstić information content (AvgIpc) is 2.31. The van der Waals surface area contributed by atoms with Crippen molar-refractivity contribution in [2.24, 2.45) is 0 Å². The molecule has 0 fully saturated rings. The van der Waals surface area contributed by atoms with E-state index < -0.39 is 0 Å². The van der Waals surface area contributed by atoms with Crippen LogP contribution in [0.5, 0.6) is 0 Å². The molecule has 0 aliphatic rings. The van der Waals surface area contributed by atoms with Gasteiger partial charge in [0, 0.05) is 14.8 Å². The van der Waals surface area contributed by atoms with E-state index in [0.29, 0.717) is 0 Å². The van der Waals surface area contributed by atoms with Gasteiger partial charge in [0.2, 0.25) is 0 Å². The number of benzene rings is 2. The van der Waals surface area contributed by atoms with Gasteiger partial charge in [-0.15, -0.1) is 0 Å². The van der Waals surface area contributed by atoms with Crippen molar-refractivity contribution in [3.63, 3.8) is 0 Å². The minimum atomic E-state index is 0.163. The summed E-state index contributed by atoms with van der Waals surface area (Å²) in [5, 5.41) is 0.781. The first kappa shape index (κ1) is 13.5. The first-order valence-electron chi connectivity index (χ1n) is 6.00. The van der Waals surface area contributed by atoms with Crippen LogP contribution in [0.25, 0.3) is 0 Å². The molecule has 94 valence electrons. The molecule has 0 radical (unpaired) electrons. The Hall–Kier alpha value is -0.920. The van der Waals surface area contributed by atoms with Gasteiger partial charge in [-0.25, -0.2) is 0 Å². The lowest BCUT2D eigenvalue weighted by Gasteiger charge is -2.22. The molecule has 18 heavy (non-hydrogen) atoms. The molecule has 2 rings (SSSR count). The van der Waals surface area contributed by atoms with E-state index in [2.05, 4.69) is 57.2 Å². The number of rotatable bonds is 2. The molecule has 0 aliphatic carbocycles. The van der Waals surface area contributed by atoms with E-state index in [1.807, 2.05) is 12.1 Å². The number of halogens is 1. The largest absolute Gasteiger partial charge is 0.0898 e. The van der Waals surface area contributed by atoms with Crippen LogP contribution in [-0.4, -0.2) is 0 Å². The second-order valence-electron chi connectivity index (χ2n) is 5.30. The minimum Gasteiger partial charge on any atom is -0.0898 e. The van der Waals surface area contributed by atoms with Crippen LogP contribution >= 0.6 is 23.4 Å². The second kappa shape index (κ2) is 5.38. The van der Waals surface area contributed by atoms with Gasteiger partial charge in [-0.1, -0.05) is 62.3 Å². The fourth-order valence-electron chi connectivity index (χ4n) is 1.80. The molecule has 2 aromatic carbocycles. The van der Waals surface area contributed by atoms with E-state index in [4.69, 9.17) is 11.6 Å². The van der Waals surface area contributed by atoms with Crippen LogP contribution in [-0.2, 0) is 5.41 Å². The first-order valence-corrected chi connectivity index (χ1v) is 7.19. The van der Waals surface area contributed by atoms with Gasteiger partial charge in [0.1, 0.15) is 0 Å². The molecule has 0 atom stereocenters. The molecular weight excluding hydrogens is 260 g/mol. The Morgan fingerprint density at radius 2 is 1.50 bits per heavy atom. The van der Waals surface area contributed by atoms with Crippen molar-refractivity contribution in [3.8, 4) is 0 Å². The van der Waals surface area contributed by atoms with Gasteiger partial charge in [0.25, 0.3) is 0 Å². The van der Waals surface area contributed by atoms with Crippen molar-refractivity contribution >= 4 is 23.4 Å². The SMILES string of the molecule is CC(C)(C)c1ccccc1Sc1ccc(Cl)cc1. The Morgan fingerprint density at radius 1 is 0.889 bits per heavy atom. The zero-order chi connectivity index (χ0) is 13.2. The summed E-state index contributed by atoms with van der Waals surface area (Å²) >= 11 is 7.70. The van der Waals surface area contributed by atoms with Crippen LogP contribution in [0.2, 0.25) is 5.02 Å². The zero-order valence-corrected chi connectivity index (χ0v) is 12.5. The quantitative estimate of drug-likeness (QED) is 0.669. The Labute approximate surface area is 118 Å². The first-order chi connectivity index (χ1) is 8.47. The van der Waals surface area contributed by atoms with Crippen LogP contribution in [0, 0.1) is 0 Å². The summed E-state index contributed by atoms with van der Waals surface area (Å²) < 4.78 is 0. The lowest BCUT2D eigenvalue weighted by molar-refractivity contribution is 0.578. The molecule has 0 spiro atoms. The van der Waals surface area contributed by atoms with Crippen LogP contribution in [0.4, 0.5) is 0 Å². The van der Waals surface area contributed by atoms with Gasteiger partial charge >= 0.3 is 0 Å². The highest BCUT2D eigenvalue weighted by molar-refractivity contribution is 7.99. The van der Waals surface area contributed by atoms with Crippen LogP contribution in [0.1, 0.15) is 26.3 Å². The predicted octanol–water partition coefficient (Wildman–Crippen LogP) is 5.79. The van der Waals surface area contributed by atoms with E-state index in [1.165, 1.54) is 15.4 Å². The van der Waals surface area contributed by atoms with Crippen molar-refractivity contribution < 1.29 is 0 Å². The molecule has 0 saturated heterocycles. The standard InChI is InChI=1S/C16H17ClS/c1-16(2,3)14-6-4-5-7-15(14)18-13-10-8-12(17)9-11-13/h4-11H,1-3H3. The lowest BCUT2D eigenvalue weighted by atomic mass is 9.87. The van der Waals surface area contributed by atoms with Crippen molar-refractivity contribution in [3.05, 3.63) is 59.1 Å². The number of hydrogen-bond donors (Lipinski definition) is 0. The van der Waals surface area contributed by atoms with Crippen LogP contribution in [0.15, 0.2) is 58.3 Å². The van der Waals surface area contributed by atoms with E-state index in [1.54, 1.807) is 11.8 Å². The third kappa shape index (κ3) is 3.30. The van der Waals surface area contributed by atoms with Gasteiger partial charge in [-0.05, 0) is 41.3 Å². The molecule has 2 heteroatoms. The Balaban J connectivity index is 2.32. The third-order valence-corrected chi connectivity index (χ3v) is 4.07. The average molecular weight is 277 g/mol. The van der Waals surface area contributed by atoms with E-state index in [-0.39, 0.29) is 5.41 Å². The summed E-state index contributed by atoms with van der Waals surface area (Å²) in [5.41, 5.74) is 1.54. The van der Waals surface area contributed by atoms with E-state index in [0.717, 1.165) is 5.02 Å². The highest BCUT2D eigenvalue weighted by atomic mass is 35.5. The Morgan fingerprint density at radius 3 is 2.11 bits per heavy atom. The van der Waals surface area contributed by atoms with Gasteiger partial charge in [0.05, 0.1) is 0 Å². The highest BCUT2D eigenvalue weighted by Crippen LogP contribution is 2.36. The maximum atomic E-state index is 5.91. The fraction of sp³-hybridized carbons (Fsp3) is 0.250. The molecule has 0 N–H and O–H groups in total. The summed E-state index contributed by atoms with van der Waals surface area (Å²) in [7, 11) is 0. The summed E-state index contributed by atoms with van der Waals surface area (Å²) in [4.78, 5) is 2.53. The Kier molecular flexibility index (Phi) is 4.04.